The number of hydrogen-bond acceptors (Lipinski definition) is 3. The monoisotopic (exact) mass is 359 g/mol. The molecule has 3 nitrogen and oxygen atoms in total. The van der Waals surface area contributed by atoms with E-state index < -0.39 is 0 Å². The summed E-state index contributed by atoms with van der Waals surface area (Å²) in [6.45, 7) is 17.1. The first-order valence-corrected chi connectivity index (χ1v) is 9.99. The van der Waals surface area contributed by atoms with E-state index in [9.17, 15) is 4.79 Å². The van der Waals surface area contributed by atoms with Crippen molar-refractivity contribution in [3.8, 4) is 0 Å². The molecule has 146 valence electrons. The third kappa shape index (κ3) is 4.68. The minimum Gasteiger partial charge on any atom is -0.378 e. The molecule has 3 heteroatoms. The van der Waals surface area contributed by atoms with E-state index in [0.717, 1.165) is 39.0 Å². The first kappa shape index (κ1) is 21.0. The highest BCUT2D eigenvalue weighted by atomic mass is 16.5. The van der Waals surface area contributed by atoms with Crippen LogP contribution >= 0.6 is 0 Å². The fourth-order valence-corrected chi connectivity index (χ4v) is 3.80. The van der Waals surface area contributed by atoms with Gasteiger partial charge in [0.15, 0.2) is 0 Å². The van der Waals surface area contributed by atoms with Crippen molar-refractivity contribution >= 4 is 6.29 Å². The molecule has 2 aliphatic carbocycles. The number of aldehydes is 1. The van der Waals surface area contributed by atoms with Gasteiger partial charge in [-0.3, -0.25) is 0 Å². The van der Waals surface area contributed by atoms with Crippen molar-refractivity contribution in [1.82, 2.24) is 4.90 Å². The van der Waals surface area contributed by atoms with Gasteiger partial charge in [0.1, 0.15) is 6.29 Å². The second-order valence-electron chi connectivity index (χ2n) is 9.03. The molecule has 0 aromatic carbocycles. The summed E-state index contributed by atoms with van der Waals surface area (Å²) in [5, 5.41) is 0. The van der Waals surface area contributed by atoms with Crippen LogP contribution < -0.4 is 0 Å². The molecule has 1 heterocycles. The lowest BCUT2D eigenvalue weighted by Gasteiger charge is -2.29. The Labute approximate surface area is 160 Å². The first-order valence-electron chi connectivity index (χ1n) is 9.99. The maximum Gasteiger partial charge on any atom is 0.124 e. The molecule has 1 fully saturated rings. The van der Waals surface area contributed by atoms with Gasteiger partial charge in [0.25, 0.3) is 0 Å². The van der Waals surface area contributed by atoms with Crippen LogP contribution in [0.3, 0.4) is 0 Å². The molecule has 0 aromatic rings. The molecule has 0 bridgehead atoms. The molecule has 2 unspecified atom stereocenters. The number of carbonyl (C=O) groups is 1. The number of hydrogen-bond donors (Lipinski definition) is 0. The van der Waals surface area contributed by atoms with E-state index in [1.165, 1.54) is 17.6 Å². The van der Waals surface area contributed by atoms with E-state index in [0.29, 0.717) is 11.3 Å². The molecule has 3 rings (SSSR count). The third-order valence-electron chi connectivity index (χ3n) is 6.98. The number of nitrogens with zero attached hydrogens (tertiary/aromatic N) is 1. The maximum atomic E-state index is 10.5. The average molecular weight is 360 g/mol. The second-order valence-corrected chi connectivity index (χ2v) is 9.03. The van der Waals surface area contributed by atoms with Gasteiger partial charge in [-0.1, -0.05) is 57.1 Å². The molecule has 3 aliphatic rings. The van der Waals surface area contributed by atoms with Gasteiger partial charge in [-0.05, 0) is 49.6 Å². The molecule has 0 spiro atoms. The molecule has 0 N–H and O–H groups in total. The number of carbonyl (C=O) groups excluding carboxylic acids is 1. The van der Waals surface area contributed by atoms with Crippen LogP contribution in [-0.4, -0.2) is 37.5 Å². The van der Waals surface area contributed by atoms with Crippen molar-refractivity contribution < 1.29 is 9.53 Å². The van der Waals surface area contributed by atoms with Crippen molar-refractivity contribution in [3.63, 3.8) is 0 Å². The van der Waals surface area contributed by atoms with Crippen LogP contribution in [0.5, 0.6) is 0 Å². The van der Waals surface area contributed by atoms with Crippen LogP contribution in [0.15, 0.2) is 35.6 Å². The zero-order valence-corrected chi connectivity index (χ0v) is 17.5. The normalized spacial score (nSPS) is 29.8. The summed E-state index contributed by atoms with van der Waals surface area (Å²) in [4.78, 5) is 12.9. The third-order valence-corrected chi connectivity index (χ3v) is 6.98. The Bertz CT molecular complexity index is 577. The first-order chi connectivity index (χ1) is 12.2. The van der Waals surface area contributed by atoms with Crippen molar-refractivity contribution in [1.29, 1.82) is 0 Å². The lowest BCUT2D eigenvalue weighted by molar-refractivity contribution is -0.113. The Morgan fingerprint density at radius 3 is 1.85 bits per heavy atom. The molecule has 1 aliphatic heterocycles. The molecular formula is C23H37NO2. The standard InChI is InChI=1S/C14H23NO.C9H14O/c1-12-4-5-13(14(12,2)3)6-7-15-8-10-16-11-9-15;1-7-4-5-8(6-10)9(7,2)3/h4,6-7,13H,5,8-11H2,1-3H3;4,6,8H,5H2,1-3H3. The van der Waals surface area contributed by atoms with Gasteiger partial charge in [-0.15, -0.1) is 0 Å². The Kier molecular flexibility index (Phi) is 6.90. The quantitative estimate of drug-likeness (QED) is 0.524. The SMILES string of the molecule is CC1=CCC(C=CN2CCOCC2)C1(C)C.CC1=CCC(C=O)C1(C)C. The molecule has 0 saturated carbocycles. The van der Waals surface area contributed by atoms with Crippen LogP contribution in [0.2, 0.25) is 0 Å². The molecule has 0 aromatic heterocycles. The smallest absolute Gasteiger partial charge is 0.124 e. The van der Waals surface area contributed by atoms with Crippen molar-refractivity contribution in [2.45, 2.75) is 54.4 Å². The van der Waals surface area contributed by atoms with E-state index in [4.69, 9.17) is 4.74 Å². The van der Waals surface area contributed by atoms with Gasteiger partial charge in [0, 0.05) is 19.0 Å². The summed E-state index contributed by atoms with van der Waals surface area (Å²) in [5.74, 6) is 0.878. The predicted molar refractivity (Wildman–Crippen MR) is 109 cm³/mol. The van der Waals surface area contributed by atoms with Crippen LogP contribution in [-0.2, 0) is 9.53 Å². The predicted octanol–water partition coefficient (Wildman–Crippen LogP) is 5.00. The molecule has 0 radical (unpaired) electrons. The van der Waals surface area contributed by atoms with E-state index in [-0.39, 0.29) is 11.3 Å². The molecule has 26 heavy (non-hydrogen) atoms. The average Bonchev–Trinajstić information content (AvgIpc) is 3.02. The number of morpholine rings is 1. The van der Waals surface area contributed by atoms with E-state index >= 15 is 0 Å². The zero-order chi connectivity index (χ0) is 19.4. The highest BCUT2D eigenvalue weighted by Gasteiger charge is 2.34. The zero-order valence-electron chi connectivity index (χ0n) is 17.5. The van der Waals surface area contributed by atoms with Gasteiger partial charge in [-0.2, -0.15) is 0 Å². The topological polar surface area (TPSA) is 29.5 Å². The Balaban J connectivity index is 0.000000209. The van der Waals surface area contributed by atoms with Crippen LogP contribution in [0.1, 0.15) is 54.4 Å². The highest BCUT2D eigenvalue weighted by Crippen LogP contribution is 2.43. The van der Waals surface area contributed by atoms with Gasteiger partial charge < -0.3 is 14.4 Å². The minimum absolute atomic E-state index is 0.113. The molecular weight excluding hydrogens is 322 g/mol. The largest absolute Gasteiger partial charge is 0.378 e. The van der Waals surface area contributed by atoms with Crippen molar-refractivity contribution in [2.75, 3.05) is 26.3 Å². The fraction of sp³-hybridized carbons (Fsp3) is 0.696. The van der Waals surface area contributed by atoms with Gasteiger partial charge >= 0.3 is 0 Å². The van der Waals surface area contributed by atoms with E-state index in [1.807, 2.05) is 0 Å². The summed E-state index contributed by atoms with van der Waals surface area (Å²) in [6, 6.07) is 0. The van der Waals surface area contributed by atoms with Gasteiger partial charge in [-0.25, -0.2) is 0 Å². The molecule has 2 atom stereocenters. The van der Waals surface area contributed by atoms with Gasteiger partial charge in [0.05, 0.1) is 13.2 Å². The number of allylic oxidation sites excluding steroid dienone is 5. The van der Waals surface area contributed by atoms with Crippen molar-refractivity contribution in [2.24, 2.45) is 22.7 Å². The summed E-state index contributed by atoms with van der Waals surface area (Å²) in [5.41, 5.74) is 3.33. The number of ether oxygens (including phenoxy) is 1. The number of rotatable bonds is 3. The summed E-state index contributed by atoms with van der Waals surface area (Å²) < 4.78 is 5.34. The summed E-state index contributed by atoms with van der Waals surface area (Å²) in [7, 11) is 0. The highest BCUT2D eigenvalue weighted by molar-refractivity contribution is 5.58. The summed E-state index contributed by atoms with van der Waals surface area (Å²) in [6.07, 6.45) is 12.4. The minimum atomic E-state index is 0.113. The lowest BCUT2D eigenvalue weighted by Crippen LogP contribution is -2.32. The van der Waals surface area contributed by atoms with Gasteiger partial charge in [0.2, 0.25) is 0 Å². The van der Waals surface area contributed by atoms with Crippen LogP contribution in [0.25, 0.3) is 0 Å². The van der Waals surface area contributed by atoms with Crippen molar-refractivity contribution in [3.05, 3.63) is 35.6 Å². The van der Waals surface area contributed by atoms with E-state index in [1.54, 1.807) is 0 Å². The molecule has 0 amide bonds. The molecule has 1 saturated heterocycles. The van der Waals surface area contributed by atoms with Crippen LogP contribution in [0.4, 0.5) is 0 Å². The Morgan fingerprint density at radius 1 is 0.962 bits per heavy atom. The lowest BCUT2D eigenvalue weighted by atomic mass is 9.78. The fourth-order valence-electron chi connectivity index (χ4n) is 3.80. The Morgan fingerprint density at radius 2 is 1.46 bits per heavy atom. The summed E-state index contributed by atoms with van der Waals surface area (Å²) >= 11 is 0. The van der Waals surface area contributed by atoms with E-state index in [2.05, 4.69) is 70.9 Å². The van der Waals surface area contributed by atoms with Crippen LogP contribution in [0, 0.1) is 22.7 Å². The Hall–Kier alpha value is -1.35. The second kappa shape index (κ2) is 8.56. The maximum absolute atomic E-state index is 10.5.